The van der Waals surface area contributed by atoms with E-state index < -0.39 is 6.10 Å². The normalized spacial score (nSPS) is 12.3. The van der Waals surface area contributed by atoms with Crippen molar-refractivity contribution in [1.82, 2.24) is 0 Å². The Morgan fingerprint density at radius 2 is 0.661 bits per heavy atom. The van der Waals surface area contributed by atoms with Gasteiger partial charge < -0.3 is 14.2 Å². The van der Waals surface area contributed by atoms with Crippen molar-refractivity contribution in [3.63, 3.8) is 0 Å². The molecule has 0 radical (unpaired) electrons. The van der Waals surface area contributed by atoms with Gasteiger partial charge in [-0.05, 0) is 70.6 Å². The highest BCUT2D eigenvalue weighted by molar-refractivity contribution is 5.71. The van der Waals surface area contributed by atoms with Crippen LogP contribution in [0.25, 0.3) is 0 Å². The number of unbranched alkanes of at least 4 members (excludes halogenated alkanes) is 26. The van der Waals surface area contributed by atoms with Gasteiger partial charge in [-0.15, -0.1) is 0 Å². The predicted molar refractivity (Wildman–Crippen MR) is 238 cm³/mol. The van der Waals surface area contributed by atoms with Crippen molar-refractivity contribution >= 4 is 17.9 Å². The van der Waals surface area contributed by atoms with Crippen molar-refractivity contribution in [3.8, 4) is 0 Å². The molecule has 1 atom stereocenters. The minimum absolute atomic E-state index is 0.0790. The summed E-state index contributed by atoms with van der Waals surface area (Å²) in [5, 5.41) is 0. The molecule has 0 fully saturated rings. The highest BCUT2D eigenvalue weighted by atomic mass is 16.6. The Bertz CT molecular complexity index is 953. The summed E-state index contributed by atoms with van der Waals surface area (Å²) < 4.78 is 16.7. The van der Waals surface area contributed by atoms with Crippen molar-refractivity contribution in [2.45, 2.75) is 252 Å². The first-order valence-electron chi connectivity index (χ1n) is 24.0. The largest absolute Gasteiger partial charge is 0.462 e. The van der Waals surface area contributed by atoms with Crippen LogP contribution in [0.5, 0.6) is 0 Å². The quantitative estimate of drug-likeness (QED) is 0.0265. The molecule has 0 aromatic carbocycles. The second kappa shape index (κ2) is 45.3. The number of rotatable bonds is 43. The van der Waals surface area contributed by atoms with Crippen LogP contribution in [-0.4, -0.2) is 37.2 Å². The molecule has 0 aromatic rings. The number of allylic oxidation sites excluding steroid dienone is 6. The van der Waals surface area contributed by atoms with Crippen molar-refractivity contribution in [1.29, 1.82) is 0 Å². The molecule has 0 amide bonds. The Labute approximate surface area is 346 Å². The second-order valence-corrected chi connectivity index (χ2v) is 16.0. The Balaban J connectivity index is 4.38. The molecule has 326 valence electrons. The van der Waals surface area contributed by atoms with E-state index >= 15 is 0 Å². The van der Waals surface area contributed by atoms with E-state index in [9.17, 15) is 14.4 Å². The molecule has 56 heavy (non-hydrogen) atoms. The predicted octanol–water partition coefficient (Wildman–Crippen LogP) is 15.4. The lowest BCUT2D eigenvalue weighted by Gasteiger charge is -2.18. The third kappa shape index (κ3) is 42.8. The first-order valence-corrected chi connectivity index (χ1v) is 24.0. The zero-order valence-corrected chi connectivity index (χ0v) is 37.2. The van der Waals surface area contributed by atoms with Crippen LogP contribution in [0.15, 0.2) is 36.5 Å². The van der Waals surface area contributed by atoms with Crippen LogP contribution in [0.1, 0.15) is 245 Å². The maximum atomic E-state index is 12.7. The van der Waals surface area contributed by atoms with Gasteiger partial charge >= 0.3 is 17.9 Å². The van der Waals surface area contributed by atoms with E-state index in [-0.39, 0.29) is 31.1 Å². The summed E-state index contributed by atoms with van der Waals surface area (Å²) in [6.45, 7) is 6.55. The molecule has 0 saturated carbocycles. The number of hydrogen-bond acceptors (Lipinski definition) is 6. The Morgan fingerprint density at radius 1 is 0.357 bits per heavy atom. The fraction of sp³-hybridized carbons (Fsp3) is 0.820. The molecular weight excluding hydrogens is 697 g/mol. The second-order valence-electron chi connectivity index (χ2n) is 16.0. The van der Waals surface area contributed by atoms with Gasteiger partial charge in [0.05, 0.1) is 0 Å². The Morgan fingerprint density at radius 3 is 1.09 bits per heavy atom. The molecule has 0 bridgehead atoms. The van der Waals surface area contributed by atoms with Crippen molar-refractivity contribution in [2.75, 3.05) is 13.2 Å². The van der Waals surface area contributed by atoms with E-state index in [1.165, 1.54) is 122 Å². The van der Waals surface area contributed by atoms with Crippen molar-refractivity contribution < 1.29 is 28.6 Å². The molecule has 0 aliphatic rings. The third-order valence-corrected chi connectivity index (χ3v) is 10.4. The highest BCUT2D eigenvalue weighted by Gasteiger charge is 2.19. The highest BCUT2D eigenvalue weighted by Crippen LogP contribution is 2.14. The van der Waals surface area contributed by atoms with Crippen LogP contribution in [0.3, 0.4) is 0 Å². The zero-order chi connectivity index (χ0) is 40.8. The molecule has 0 saturated heterocycles. The molecule has 0 aromatic heterocycles. The van der Waals surface area contributed by atoms with Gasteiger partial charge in [0, 0.05) is 19.3 Å². The van der Waals surface area contributed by atoms with Crippen LogP contribution in [0.2, 0.25) is 0 Å². The molecular formula is C50H90O6. The van der Waals surface area contributed by atoms with Crippen LogP contribution in [-0.2, 0) is 28.6 Å². The van der Waals surface area contributed by atoms with Gasteiger partial charge in [-0.25, -0.2) is 0 Å². The molecule has 0 rings (SSSR count). The number of carbonyl (C=O) groups excluding carboxylic acids is 3. The van der Waals surface area contributed by atoms with E-state index in [0.717, 1.165) is 83.5 Å². The van der Waals surface area contributed by atoms with E-state index in [0.29, 0.717) is 19.3 Å². The van der Waals surface area contributed by atoms with E-state index in [4.69, 9.17) is 14.2 Å². The van der Waals surface area contributed by atoms with Gasteiger partial charge in [-0.3, -0.25) is 14.4 Å². The van der Waals surface area contributed by atoms with Gasteiger partial charge in [0.25, 0.3) is 0 Å². The average molecular weight is 787 g/mol. The smallest absolute Gasteiger partial charge is 0.306 e. The first kappa shape index (κ1) is 53.6. The number of ether oxygens (including phenoxy) is 3. The van der Waals surface area contributed by atoms with Crippen molar-refractivity contribution in [3.05, 3.63) is 36.5 Å². The fourth-order valence-electron chi connectivity index (χ4n) is 6.69. The van der Waals surface area contributed by atoms with Gasteiger partial charge in [0.1, 0.15) is 13.2 Å². The first-order chi connectivity index (χ1) is 27.5. The standard InChI is InChI=1S/C50H90O6/c1-4-7-10-13-16-19-22-24-25-26-29-31-34-37-40-43-49(52)55-46-47(45-54-48(51)42-39-36-33-30-27-21-18-15-12-9-6-3)56-50(53)44-41-38-35-32-28-23-20-17-14-11-8-5-2/h15-16,18-19,24-25,47H,4-14,17,20-23,26-46H2,1-3H3/b18-15-,19-16-,25-24-/t47-/m0/s1. The zero-order valence-electron chi connectivity index (χ0n) is 37.2. The molecule has 6 heteroatoms. The van der Waals surface area contributed by atoms with E-state index in [1.54, 1.807) is 0 Å². The molecule has 0 aliphatic carbocycles. The monoisotopic (exact) mass is 787 g/mol. The maximum absolute atomic E-state index is 12.7. The number of carbonyl (C=O) groups is 3. The minimum atomic E-state index is -0.775. The fourth-order valence-corrected chi connectivity index (χ4v) is 6.69. The van der Waals surface area contributed by atoms with Gasteiger partial charge in [0.2, 0.25) is 0 Å². The van der Waals surface area contributed by atoms with Crippen LogP contribution in [0.4, 0.5) is 0 Å². The number of esters is 3. The molecule has 0 aliphatic heterocycles. The van der Waals surface area contributed by atoms with Crippen molar-refractivity contribution in [2.24, 2.45) is 0 Å². The molecule has 0 unspecified atom stereocenters. The summed E-state index contributed by atoms with van der Waals surface area (Å²) >= 11 is 0. The Kier molecular flexibility index (Phi) is 43.4. The summed E-state index contributed by atoms with van der Waals surface area (Å²) in [6, 6.07) is 0. The molecule has 6 nitrogen and oxygen atoms in total. The number of hydrogen-bond donors (Lipinski definition) is 0. The summed E-state index contributed by atoms with van der Waals surface area (Å²) in [5.41, 5.74) is 0. The molecule has 0 spiro atoms. The minimum Gasteiger partial charge on any atom is -0.462 e. The van der Waals surface area contributed by atoms with Crippen LogP contribution in [0, 0.1) is 0 Å². The topological polar surface area (TPSA) is 78.9 Å². The SMILES string of the molecule is CCCC/C=C\CCCCCCCC(=O)OC[C@@H](COC(=O)CCCCCCC/C=C\C/C=C\CCCCC)OC(=O)CCCCCCCCCCCCCC. The lowest BCUT2D eigenvalue weighted by Crippen LogP contribution is -2.30. The van der Waals surface area contributed by atoms with Gasteiger partial charge in [-0.1, -0.05) is 192 Å². The van der Waals surface area contributed by atoms with Crippen LogP contribution < -0.4 is 0 Å². The van der Waals surface area contributed by atoms with Crippen LogP contribution >= 0.6 is 0 Å². The average Bonchev–Trinajstić information content (AvgIpc) is 3.19. The molecule has 0 N–H and O–H groups in total. The lowest BCUT2D eigenvalue weighted by atomic mass is 10.0. The summed E-state index contributed by atoms with van der Waals surface area (Å²) in [4.78, 5) is 37.8. The summed E-state index contributed by atoms with van der Waals surface area (Å²) in [5.74, 6) is -0.897. The Hall–Kier alpha value is -2.37. The third-order valence-electron chi connectivity index (χ3n) is 10.4. The molecule has 0 heterocycles. The lowest BCUT2D eigenvalue weighted by molar-refractivity contribution is -0.167. The maximum Gasteiger partial charge on any atom is 0.306 e. The van der Waals surface area contributed by atoms with Gasteiger partial charge in [0.15, 0.2) is 6.10 Å². The summed E-state index contributed by atoms with van der Waals surface area (Å²) in [6.07, 6.45) is 51.2. The van der Waals surface area contributed by atoms with E-state index in [1.807, 2.05) is 0 Å². The van der Waals surface area contributed by atoms with Gasteiger partial charge in [-0.2, -0.15) is 0 Å². The summed E-state index contributed by atoms with van der Waals surface area (Å²) in [7, 11) is 0. The van der Waals surface area contributed by atoms with E-state index in [2.05, 4.69) is 57.2 Å².